The number of aryl methyl sites for hydroxylation is 3. The molecule has 0 spiro atoms. The van der Waals surface area contributed by atoms with Crippen molar-refractivity contribution >= 4 is 28.4 Å². The van der Waals surface area contributed by atoms with E-state index in [2.05, 4.69) is 15.6 Å². The quantitative estimate of drug-likeness (QED) is 0.713. The van der Waals surface area contributed by atoms with E-state index in [1.807, 2.05) is 32.9 Å². The molecule has 1 aromatic heterocycles. The number of rotatable bonds is 5. The number of nitrogens with zero attached hydrogens (tertiary/aromatic N) is 4. The number of aromatic nitrogens is 3. The van der Waals surface area contributed by atoms with Gasteiger partial charge in [-0.1, -0.05) is 35.0 Å². The van der Waals surface area contributed by atoms with Gasteiger partial charge < -0.3 is 10.2 Å². The zero-order valence-electron chi connectivity index (χ0n) is 16.9. The molecule has 1 N–H and O–H groups in total. The lowest BCUT2D eigenvalue weighted by atomic mass is 10.1. The molecule has 0 fully saturated rings. The van der Waals surface area contributed by atoms with Gasteiger partial charge in [-0.3, -0.25) is 14.4 Å². The predicted molar refractivity (Wildman–Crippen MR) is 111 cm³/mol. The Morgan fingerprint density at radius 2 is 1.76 bits per heavy atom. The van der Waals surface area contributed by atoms with Gasteiger partial charge in [-0.15, -0.1) is 5.10 Å². The molecule has 2 amide bonds. The van der Waals surface area contributed by atoms with Gasteiger partial charge >= 0.3 is 0 Å². The zero-order valence-corrected chi connectivity index (χ0v) is 16.9. The number of fused-ring (bicyclic) bond motifs is 1. The van der Waals surface area contributed by atoms with E-state index >= 15 is 0 Å². The van der Waals surface area contributed by atoms with E-state index in [0.29, 0.717) is 10.9 Å². The van der Waals surface area contributed by atoms with Crippen LogP contribution in [-0.4, -0.2) is 45.3 Å². The SMILES string of the molecule is Cc1cc(C)c(NC(=O)CN(C)C(=O)Cn2nnc3ccccc3c2=O)c(C)c1. The Kier molecular flexibility index (Phi) is 5.72. The van der Waals surface area contributed by atoms with Gasteiger partial charge in [0.2, 0.25) is 11.8 Å². The average Bonchev–Trinajstić information content (AvgIpc) is 2.67. The Bertz CT molecular complexity index is 1130. The Labute approximate surface area is 168 Å². The van der Waals surface area contributed by atoms with E-state index in [1.54, 1.807) is 24.3 Å². The van der Waals surface area contributed by atoms with Crippen molar-refractivity contribution < 1.29 is 9.59 Å². The van der Waals surface area contributed by atoms with Crippen LogP contribution in [0.4, 0.5) is 5.69 Å². The van der Waals surface area contributed by atoms with Crippen LogP contribution in [-0.2, 0) is 16.1 Å². The first-order valence-electron chi connectivity index (χ1n) is 9.20. The summed E-state index contributed by atoms with van der Waals surface area (Å²) in [5.41, 5.74) is 3.86. The van der Waals surface area contributed by atoms with E-state index in [4.69, 9.17) is 0 Å². The number of anilines is 1. The maximum Gasteiger partial charge on any atom is 0.278 e. The Morgan fingerprint density at radius 3 is 2.45 bits per heavy atom. The summed E-state index contributed by atoms with van der Waals surface area (Å²) in [5, 5.41) is 11.0. The fourth-order valence-corrected chi connectivity index (χ4v) is 3.24. The highest BCUT2D eigenvalue weighted by Gasteiger charge is 2.17. The molecule has 0 aliphatic heterocycles. The molecule has 0 atom stereocenters. The van der Waals surface area contributed by atoms with Crippen molar-refractivity contribution in [1.82, 2.24) is 19.9 Å². The number of hydrogen-bond donors (Lipinski definition) is 1. The van der Waals surface area contributed by atoms with E-state index in [1.165, 1.54) is 11.9 Å². The lowest BCUT2D eigenvalue weighted by Crippen LogP contribution is -2.39. The molecule has 1 heterocycles. The van der Waals surface area contributed by atoms with Gasteiger partial charge in [0.25, 0.3) is 5.56 Å². The molecular formula is C21H23N5O3. The number of benzene rings is 2. The van der Waals surface area contributed by atoms with Crippen LogP contribution in [0, 0.1) is 20.8 Å². The second-order valence-electron chi connectivity index (χ2n) is 7.14. The smallest absolute Gasteiger partial charge is 0.278 e. The monoisotopic (exact) mass is 393 g/mol. The summed E-state index contributed by atoms with van der Waals surface area (Å²) >= 11 is 0. The highest BCUT2D eigenvalue weighted by atomic mass is 16.2. The predicted octanol–water partition coefficient (Wildman–Crippen LogP) is 1.81. The third kappa shape index (κ3) is 4.48. The third-order valence-electron chi connectivity index (χ3n) is 4.66. The molecule has 0 aliphatic rings. The van der Waals surface area contributed by atoms with Crippen LogP contribution in [0.5, 0.6) is 0 Å². The summed E-state index contributed by atoms with van der Waals surface area (Å²) in [5.74, 6) is -0.725. The molecule has 2 aromatic carbocycles. The number of carbonyl (C=O) groups is 2. The van der Waals surface area contributed by atoms with Crippen LogP contribution in [0.1, 0.15) is 16.7 Å². The summed E-state index contributed by atoms with van der Waals surface area (Å²) in [6.45, 7) is 5.42. The number of amides is 2. The molecule has 150 valence electrons. The van der Waals surface area contributed by atoms with Crippen molar-refractivity contribution in [3.05, 3.63) is 63.4 Å². The lowest BCUT2D eigenvalue weighted by molar-refractivity contribution is -0.134. The van der Waals surface area contributed by atoms with E-state index in [-0.39, 0.29) is 19.0 Å². The van der Waals surface area contributed by atoms with E-state index < -0.39 is 11.5 Å². The Hall–Kier alpha value is -3.55. The molecule has 8 nitrogen and oxygen atoms in total. The normalized spacial score (nSPS) is 10.8. The number of likely N-dealkylation sites (N-methyl/N-ethyl adjacent to an activating group) is 1. The fourth-order valence-electron chi connectivity index (χ4n) is 3.24. The summed E-state index contributed by atoms with van der Waals surface area (Å²) in [7, 11) is 1.51. The molecule has 0 unspecified atom stereocenters. The highest BCUT2D eigenvalue weighted by Crippen LogP contribution is 2.21. The van der Waals surface area contributed by atoms with E-state index in [0.717, 1.165) is 27.1 Å². The molecule has 0 saturated carbocycles. The largest absolute Gasteiger partial charge is 0.335 e. The van der Waals surface area contributed by atoms with Gasteiger partial charge in [0.05, 0.1) is 11.9 Å². The van der Waals surface area contributed by atoms with Crippen LogP contribution in [0.3, 0.4) is 0 Å². The molecule has 0 aliphatic carbocycles. The molecular weight excluding hydrogens is 370 g/mol. The average molecular weight is 393 g/mol. The zero-order chi connectivity index (χ0) is 21.1. The van der Waals surface area contributed by atoms with Crippen LogP contribution in [0.15, 0.2) is 41.2 Å². The van der Waals surface area contributed by atoms with E-state index in [9.17, 15) is 14.4 Å². The number of carbonyl (C=O) groups excluding carboxylic acids is 2. The van der Waals surface area contributed by atoms with Crippen molar-refractivity contribution in [2.75, 3.05) is 18.9 Å². The van der Waals surface area contributed by atoms with Gasteiger partial charge in [0, 0.05) is 12.7 Å². The Morgan fingerprint density at radius 1 is 1.10 bits per heavy atom. The van der Waals surface area contributed by atoms with Gasteiger partial charge in [-0.05, 0) is 44.0 Å². The minimum absolute atomic E-state index is 0.138. The highest BCUT2D eigenvalue weighted by molar-refractivity contribution is 5.95. The molecule has 0 saturated heterocycles. The first-order chi connectivity index (χ1) is 13.8. The van der Waals surface area contributed by atoms with Crippen molar-refractivity contribution in [3.63, 3.8) is 0 Å². The summed E-state index contributed by atoms with van der Waals surface area (Å²) in [4.78, 5) is 38.6. The van der Waals surface area contributed by atoms with Crippen LogP contribution in [0.25, 0.3) is 10.9 Å². The van der Waals surface area contributed by atoms with Gasteiger partial charge in [0.15, 0.2) is 0 Å². The van der Waals surface area contributed by atoms with Gasteiger partial charge in [-0.2, -0.15) is 0 Å². The first kappa shape index (κ1) is 20.2. The van der Waals surface area contributed by atoms with Crippen LogP contribution in [0.2, 0.25) is 0 Å². The molecule has 0 bridgehead atoms. The summed E-state index contributed by atoms with van der Waals surface area (Å²) in [6.07, 6.45) is 0. The second-order valence-corrected chi connectivity index (χ2v) is 7.14. The lowest BCUT2D eigenvalue weighted by Gasteiger charge is -2.18. The molecule has 3 aromatic rings. The minimum Gasteiger partial charge on any atom is -0.335 e. The number of nitrogens with one attached hydrogen (secondary N) is 1. The topological polar surface area (TPSA) is 97.2 Å². The maximum atomic E-state index is 12.5. The van der Waals surface area contributed by atoms with Crippen molar-refractivity contribution in [3.8, 4) is 0 Å². The van der Waals surface area contributed by atoms with Gasteiger partial charge in [0.1, 0.15) is 12.1 Å². The fraction of sp³-hybridized carbons (Fsp3) is 0.286. The van der Waals surface area contributed by atoms with Crippen molar-refractivity contribution in [2.45, 2.75) is 27.3 Å². The molecule has 8 heteroatoms. The maximum absolute atomic E-state index is 12.5. The summed E-state index contributed by atoms with van der Waals surface area (Å²) < 4.78 is 1.01. The third-order valence-corrected chi connectivity index (χ3v) is 4.66. The molecule has 0 radical (unpaired) electrons. The van der Waals surface area contributed by atoms with Gasteiger partial charge in [-0.25, -0.2) is 4.68 Å². The van der Waals surface area contributed by atoms with Crippen molar-refractivity contribution in [2.24, 2.45) is 0 Å². The molecule has 29 heavy (non-hydrogen) atoms. The Balaban J connectivity index is 1.67. The minimum atomic E-state index is -0.413. The van der Waals surface area contributed by atoms with Crippen molar-refractivity contribution in [1.29, 1.82) is 0 Å². The second kappa shape index (κ2) is 8.22. The first-order valence-corrected chi connectivity index (χ1v) is 9.20. The molecule has 3 rings (SSSR count). The standard InChI is InChI=1S/C21H23N5O3/c1-13-9-14(2)20(15(3)10-13)22-18(27)11-25(4)19(28)12-26-21(29)16-7-5-6-8-17(16)23-24-26/h5-10H,11-12H2,1-4H3,(H,22,27). The number of hydrogen-bond acceptors (Lipinski definition) is 5. The van der Waals surface area contributed by atoms with Crippen LogP contribution < -0.4 is 10.9 Å². The van der Waals surface area contributed by atoms with Crippen LogP contribution >= 0.6 is 0 Å². The summed E-state index contributed by atoms with van der Waals surface area (Å²) in [6, 6.07) is 10.8.